The number of ether oxygens (including phenoxy) is 1. The van der Waals surface area contributed by atoms with Gasteiger partial charge in [-0.1, -0.05) is 60.7 Å². The molecular formula is C34H25F2N3O4S. The lowest BCUT2D eigenvalue weighted by atomic mass is 9.91. The summed E-state index contributed by atoms with van der Waals surface area (Å²) >= 11 is 1.54. The zero-order valence-electron chi connectivity index (χ0n) is 23.2. The van der Waals surface area contributed by atoms with Crippen molar-refractivity contribution in [1.29, 1.82) is 0 Å². The Morgan fingerprint density at radius 2 is 1.73 bits per heavy atom. The minimum atomic E-state index is -0.964. The summed E-state index contributed by atoms with van der Waals surface area (Å²) in [7, 11) is 0. The van der Waals surface area contributed by atoms with E-state index in [9.17, 15) is 14.7 Å². The standard InChI is InChI=1S/C34H25F2N3O4S/c35-25-11-10-23-28(29(25)36)24-17-20(16-19-6-2-1-3-7-19)44-33(24)22-9-5-4-8-21(22)30(23)39-27-18-43-15-14-37(27)34(42)31-32(41)26(40)12-13-38(31)39/h1-13,17,27,30,41H,14-16,18H2/t27-,30-/m1/s1. The maximum absolute atomic E-state index is 16.2. The number of benzene rings is 3. The number of nitrogens with zero attached hydrogens (tertiary/aromatic N) is 3. The van der Waals surface area contributed by atoms with E-state index in [-0.39, 0.29) is 31.0 Å². The average molecular weight is 610 g/mol. The molecule has 8 rings (SSSR count). The smallest absolute Gasteiger partial charge is 0.278 e. The molecule has 1 aliphatic carbocycles. The highest BCUT2D eigenvalue weighted by atomic mass is 32.1. The van der Waals surface area contributed by atoms with Crippen LogP contribution < -0.4 is 10.4 Å². The molecule has 2 atom stereocenters. The van der Waals surface area contributed by atoms with Crippen molar-refractivity contribution in [3.05, 3.63) is 134 Å². The zero-order valence-corrected chi connectivity index (χ0v) is 24.1. The van der Waals surface area contributed by atoms with Crippen LogP contribution in [0.4, 0.5) is 8.78 Å². The van der Waals surface area contributed by atoms with Gasteiger partial charge >= 0.3 is 0 Å². The van der Waals surface area contributed by atoms with Gasteiger partial charge in [-0.25, -0.2) is 8.78 Å². The molecule has 7 nitrogen and oxygen atoms in total. The van der Waals surface area contributed by atoms with E-state index in [0.717, 1.165) is 32.5 Å². The van der Waals surface area contributed by atoms with Gasteiger partial charge in [0.15, 0.2) is 23.1 Å². The topological polar surface area (TPSA) is 75.0 Å². The normalized spacial score (nSPS) is 18.5. The average Bonchev–Trinajstić information content (AvgIpc) is 3.41. The predicted octanol–water partition coefficient (Wildman–Crippen LogP) is 5.67. The molecule has 1 N–H and O–H groups in total. The number of halogens is 2. The van der Waals surface area contributed by atoms with Gasteiger partial charge in [-0.2, -0.15) is 0 Å². The number of rotatable bonds is 3. The first-order chi connectivity index (χ1) is 21.4. The van der Waals surface area contributed by atoms with Crippen LogP contribution in [0.25, 0.3) is 21.6 Å². The molecule has 4 heterocycles. The van der Waals surface area contributed by atoms with E-state index in [2.05, 4.69) is 0 Å². The monoisotopic (exact) mass is 609 g/mol. The SMILES string of the molecule is O=C1c2c(O)c(=O)ccn2N([C@@H]2c3ccccc3-c3sc(Cc4ccccc4)cc3-c3c2ccc(F)c3F)[C@@H]2COCCN12. The number of carbonyl (C=O) groups is 1. The molecule has 0 spiro atoms. The minimum absolute atomic E-state index is 0.138. The number of thiophene rings is 1. The van der Waals surface area contributed by atoms with Crippen molar-refractivity contribution in [1.82, 2.24) is 9.58 Å². The Morgan fingerprint density at radius 3 is 2.57 bits per heavy atom. The summed E-state index contributed by atoms with van der Waals surface area (Å²) < 4.78 is 38.6. The maximum Gasteiger partial charge on any atom is 0.278 e. The van der Waals surface area contributed by atoms with Crippen LogP contribution in [0.15, 0.2) is 89.9 Å². The van der Waals surface area contributed by atoms with Gasteiger partial charge in [0.05, 0.1) is 19.3 Å². The second-order valence-corrected chi connectivity index (χ2v) is 12.2. The van der Waals surface area contributed by atoms with E-state index in [0.29, 0.717) is 17.5 Å². The molecule has 5 aromatic rings. The Hall–Kier alpha value is -4.80. The Morgan fingerprint density at radius 1 is 0.932 bits per heavy atom. The molecule has 44 heavy (non-hydrogen) atoms. The van der Waals surface area contributed by atoms with Crippen molar-refractivity contribution < 1.29 is 23.4 Å². The summed E-state index contributed by atoms with van der Waals surface area (Å²) in [5.41, 5.74) is 3.12. The van der Waals surface area contributed by atoms with Crippen molar-refractivity contribution in [2.24, 2.45) is 0 Å². The molecule has 0 radical (unpaired) electrons. The lowest BCUT2D eigenvalue weighted by molar-refractivity contribution is -0.0196. The second-order valence-electron chi connectivity index (χ2n) is 11.1. The van der Waals surface area contributed by atoms with Crippen molar-refractivity contribution in [3.8, 4) is 27.3 Å². The van der Waals surface area contributed by atoms with Crippen LogP contribution in [-0.4, -0.2) is 46.5 Å². The van der Waals surface area contributed by atoms with E-state index in [1.54, 1.807) is 22.3 Å². The molecule has 2 aromatic heterocycles. The maximum atomic E-state index is 16.2. The number of carbonyl (C=O) groups excluding carboxylic acids is 1. The predicted molar refractivity (Wildman–Crippen MR) is 162 cm³/mol. The minimum Gasteiger partial charge on any atom is -0.502 e. The number of fused-ring (bicyclic) bond motifs is 7. The van der Waals surface area contributed by atoms with Crippen LogP contribution in [0.3, 0.4) is 0 Å². The number of pyridine rings is 1. The number of hydrogen-bond donors (Lipinski definition) is 1. The van der Waals surface area contributed by atoms with Gasteiger partial charge in [0.1, 0.15) is 6.17 Å². The van der Waals surface area contributed by atoms with Crippen LogP contribution in [-0.2, 0) is 11.2 Å². The molecule has 0 unspecified atom stereocenters. The Labute approximate surface area is 254 Å². The number of aromatic hydroxyl groups is 1. The molecular weight excluding hydrogens is 584 g/mol. The Balaban J connectivity index is 1.41. The van der Waals surface area contributed by atoms with Gasteiger partial charge in [-0.05, 0) is 34.4 Å². The fraction of sp³-hybridized carbons (Fsp3) is 0.176. The molecule has 0 saturated carbocycles. The van der Waals surface area contributed by atoms with Crippen molar-refractivity contribution in [2.45, 2.75) is 18.6 Å². The van der Waals surface area contributed by atoms with Gasteiger partial charge in [0.25, 0.3) is 5.91 Å². The van der Waals surface area contributed by atoms with Gasteiger partial charge < -0.3 is 14.7 Å². The molecule has 3 aromatic carbocycles. The van der Waals surface area contributed by atoms with E-state index >= 15 is 8.78 Å². The Kier molecular flexibility index (Phi) is 6.18. The molecule has 1 amide bonds. The molecule has 3 aliphatic rings. The first kappa shape index (κ1) is 26.8. The second kappa shape index (κ2) is 10.1. The van der Waals surface area contributed by atoms with E-state index < -0.39 is 40.9 Å². The van der Waals surface area contributed by atoms with Crippen LogP contribution >= 0.6 is 11.3 Å². The summed E-state index contributed by atoms with van der Waals surface area (Å²) in [5, 5.41) is 12.7. The van der Waals surface area contributed by atoms with E-state index in [4.69, 9.17) is 4.74 Å². The molecule has 1 fully saturated rings. The number of hydrogen-bond acceptors (Lipinski definition) is 6. The molecule has 220 valence electrons. The van der Waals surface area contributed by atoms with Crippen molar-refractivity contribution in [2.75, 3.05) is 24.8 Å². The third kappa shape index (κ3) is 3.94. The highest BCUT2D eigenvalue weighted by molar-refractivity contribution is 7.16. The highest BCUT2D eigenvalue weighted by Gasteiger charge is 2.46. The summed E-state index contributed by atoms with van der Waals surface area (Å²) in [6.07, 6.45) is 1.43. The fourth-order valence-corrected chi connectivity index (χ4v) is 7.95. The third-order valence-electron chi connectivity index (χ3n) is 8.63. The molecule has 10 heteroatoms. The summed E-state index contributed by atoms with van der Waals surface area (Å²) in [6.45, 7) is 0.656. The number of morpholine rings is 1. The first-order valence-corrected chi connectivity index (χ1v) is 15.1. The van der Waals surface area contributed by atoms with Gasteiger partial charge in [0.2, 0.25) is 5.43 Å². The van der Waals surface area contributed by atoms with E-state index in [1.165, 1.54) is 16.9 Å². The zero-order chi connectivity index (χ0) is 30.1. The third-order valence-corrected chi connectivity index (χ3v) is 9.80. The summed E-state index contributed by atoms with van der Waals surface area (Å²) in [6, 6.07) is 22.8. The fourth-order valence-electron chi connectivity index (χ4n) is 6.71. The van der Waals surface area contributed by atoms with Crippen LogP contribution in [0.2, 0.25) is 0 Å². The quantitative estimate of drug-likeness (QED) is 0.285. The van der Waals surface area contributed by atoms with Gasteiger partial charge in [-0.15, -0.1) is 11.3 Å². The lowest BCUT2D eigenvalue weighted by Crippen LogP contribution is -2.66. The summed E-state index contributed by atoms with van der Waals surface area (Å²) in [4.78, 5) is 29.6. The number of amides is 1. The number of aromatic nitrogens is 1. The van der Waals surface area contributed by atoms with Crippen LogP contribution in [0.1, 0.15) is 38.1 Å². The van der Waals surface area contributed by atoms with Crippen LogP contribution in [0, 0.1) is 11.6 Å². The summed E-state index contributed by atoms with van der Waals surface area (Å²) in [5.74, 6) is -3.09. The molecule has 0 bridgehead atoms. The lowest BCUT2D eigenvalue weighted by Gasteiger charge is -2.51. The molecule has 1 saturated heterocycles. The first-order valence-electron chi connectivity index (χ1n) is 14.3. The van der Waals surface area contributed by atoms with Crippen LogP contribution in [0.5, 0.6) is 5.75 Å². The van der Waals surface area contributed by atoms with Crippen molar-refractivity contribution >= 4 is 17.2 Å². The van der Waals surface area contributed by atoms with Gasteiger partial charge in [0, 0.05) is 46.1 Å². The Bertz CT molecular complexity index is 2030. The van der Waals surface area contributed by atoms with Crippen molar-refractivity contribution in [3.63, 3.8) is 0 Å². The van der Waals surface area contributed by atoms with Gasteiger partial charge in [-0.3, -0.25) is 19.3 Å². The highest BCUT2D eigenvalue weighted by Crippen LogP contribution is 2.52. The largest absolute Gasteiger partial charge is 0.502 e. The molecule has 2 aliphatic heterocycles. The van der Waals surface area contributed by atoms with E-state index in [1.807, 2.05) is 65.7 Å².